The number of hydrogen-bond donors (Lipinski definition) is 1. The third-order valence-corrected chi connectivity index (χ3v) is 5.87. The highest BCUT2D eigenvalue weighted by molar-refractivity contribution is 5.73. The molecule has 2 aromatic heterocycles. The summed E-state index contributed by atoms with van der Waals surface area (Å²) in [5.74, 6) is -0.949. The van der Waals surface area contributed by atoms with Crippen LogP contribution in [0.3, 0.4) is 0 Å². The predicted octanol–water partition coefficient (Wildman–Crippen LogP) is 4.34. The van der Waals surface area contributed by atoms with Gasteiger partial charge in [0.1, 0.15) is 17.5 Å². The Kier molecular flexibility index (Phi) is 5.72. The number of hydrogen-bond acceptors (Lipinski definition) is 5. The molecule has 1 amide bonds. The largest absolute Gasteiger partial charge is 0.350 e. The average Bonchev–Trinajstić information content (AvgIpc) is 3.13. The molecule has 2 aliphatic heterocycles. The van der Waals surface area contributed by atoms with Crippen molar-refractivity contribution in [3.63, 3.8) is 0 Å². The Bertz CT molecular complexity index is 1010. The van der Waals surface area contributed by atoms with Crippen LogP contribution < -0.4 is 10.2 Å². The molecule has 0 aliphatic carbocycles. The molecule has 2 aromatic rings. The molecule has 0 spiro atoms. The van der Waals surface area contributed by atoms with Crippen molar-refractivity contribution in [3.8, 4) is 0 Å². The summed E-state index contributed by atoms with van der Waals surface area (Å²) in [6.07, 6.45) is 2.97. The van der Waals surface area contributed by atoms with E-state index in [9.17, 15) is 13.6 Å². The Morgan fingerprint density at radius 2 is 2.00 bits per heavy atom. The van der Waals surface area contributed by atoms with E-state index in [0.29, 0.717) is 36.2 Å². The fraction of sp³-hybridized carbons (Fsp3) is 0.455. The SMILES string of the molecule is [C-]#[N+]c1ccnc(Nc2cc(C3CCN(C(C)=O)CC3)cc(N3CCC(F)(F)C3)n2)c1. The molecule has 9 heteroatoms. The molecule has 0 bridgehead atoms. The number of pyridine rings is 2. The molecule has 31 heavy (non-hydrogen) atoms. The van der Waals surface area contributed by atoms with Gasteiger partial charge >= 0.3 is 0 Å². The van der Waals surface area contributed by atoms with Crippen LogP contribution >= 0.6 is 0 Å². The summed E-state index contributed by atoms with van der Waals surface area (Å²) in [4.78, 5) is 27.3. The van der Waals surface area contributed by atoms with Gasteiger partial charge in [-0.15, -0.1) is 0 Å². The van der Waals surface area contributed by atoms with E-state index in [-0.39, 0.29) is 31.3 Å². The Labute approximate surface area is 179 Å². The molecule has 0 atom stereocenters. The Morgan fingerprint density at radius 3 is 2.65 bits per heavy atom. The summed E-state index contributed by atoms with van der Waals surface area (Å²) in [7, 11) is 0. The number of halogens is 2. The first kappa shape index (κ1) is 21.0. The van der Waals surface area contributed by atoms with Crippen molar-refractivity contribution >= 4 is 29.0 Å². The van der Waals surface area contributed by atoms with Gasteiger partial charge in [-0.2, -0.15) is 0 Å². The molecule has 0 saturated carbocycles. The maximum absolute atomic E-state index is 13.8. The summed E-state index contributed by atoms with van der Waals surface area (Å²) in [6, 6.07) is 7.04. The van der Waals surface area contributed by atoms with E-state index in [2.05, 4.69) is 20.1 Å². The van der Waals surface area contributed by atoms with Gasteiger partial charge in [0.2, 0.25) is 5.91 Å². The second-order valence-corrected chi connectivity index (χ2v) is 8.09. The van der Waals surface area contributed by atoms with Gasteiger partial charge in [0.25, 0.3) is 5.92 Å². The number of piperidine rings is 1. The van der Waals surface area contributed by atoms with Crippen LogP contribution in [0.2, 0.25) is 0 Å². The smallest absolute Gasteiger partial charge is 0.266 e. The molecule has 2 aliphatic rings. The Morgan fingerprint density at radius 1 is 1.23 bits per heavy atom. The van der Waals surface area contributed by atoms with Crippen LogP contribution in [-0.4, -0.2) is 52.9 Å². The lowest BCUT2D eigenvalue weighted by Gasteiger charge is -2.32. The van der Waals surface area contributed by atoms with Crippen molar-refractivity contribution in [1.82, 2.24) is 14.9 Å². The molecular weight excluding hydrogens is 402 g/mol. The number of nitrogens with one attached hydrogen (secondary N) is 1. The minimum absolute atomic E-state index is 0.0706. The maximum atomic E-state index is 13.8. The minimum atomic E-state index is -2.72. The summed E-state index contributed by atoms with van der Waals surface area (Å²) >= 11 is 0. The zero-order valence-electron chi connectivity index (χ0n) is 17.3. The van der Waals surface area contributed by atoms with E-state index in [1.807, 2.05) is 17.0 Å². The third-order valence-electron chi connectivity index (χ3n) is 5.87. The number of amides is 1. The van der Waals surface area contributed by atoms with Gasteiger partial charge in [-0.1, -0.05) is 0 Å². The van der Waals surface area contributed by atoms with Gasteiger partial charge < -0.3 is 15.1 Å². The molecule has 0 unspecified atom stereocenters. The van der Waals surface area contributed by atoms with Gasteiger partial charge in [0, 0.05) is 39.2 Å². The van der Waals surface area contributed by atoms with E-state index in [0.717, 1.165) is 18.4 Å². The third kappa shape index (κ3) is 4.90. The van der Waals surface area contributed by atoms with Crippen LogP contribution in [0.4, 0.5) is 31.9 Å². The average molecular weight is 426 g/mol. The van der Waals surface area contributed by atoms with Gasteiger partial charge in [-0.3, -0.25) is 4.79 Å². The monoisotopic (exact) mass is 426 g/mol. The Balaban J connectivity index is 1.62. The highest BCUT2D eigenvalue weighted by atomic mass is 19.3. The highest BCUT2D eigenvalue weighted by Gasteiger charge is 2.39. The standard InChI is InChI=1S/C22H24F2N6O/c1-15(31)29-8-4-16(5-9-29)17-11-20(27-19-13-18(25-2)3-7-26-19)28-21(12-17)30-10-6-22(23,24)14-30/h3,7,11-13,16H,4-6,8-10,14H2,1H3,(H,26,27,28). The highest BCUT2D eigenvalue weighted by Crippen LogP contribution is 2.35. The summed E-state index contributed by atoms with van der Waals surface area (Å²) in [6.45, 7) is 9.99. The number of aromatic nitrogens is 2. The van der Waals surface area contributed by atoms with Crippen LogP contribution in [0.15, 0.2) is 30.5 Å². The molecule has 4 heterocycles. The normalized spacial score (nSPS) is 18.6. The van der Waals surface area contributed by atoms with Crippen LogP contribution in [0.1, 0.15) is 37.7 Å². The molecular formula is C22H24F2N6O. The van der Waals surface area contributed by atoms with Gasteiger partial charge in [0.15, 0.2) is 5.69 Å². The summed E-state index contributed by atoms with van der Waals surface area (Å²) in [5.41, 5.74) is 1.46. The zero-order chi connectivity index (χ0) is 22.0. The van der Waals surface area contributed by atoms with Crippen molar-refractivity contribution in [2.45, 2.75) is 38.0 Å². The maximum Gasteiger partial charge on any atom is 0.266 e. The van der Waals surface area contributed by atoms with Crippen LogP contribution in [0, 0.1) is 6.57 Å². The first-order valence-electron chi connectivity index (χ1n) is 10.3. The van der Waals surface area contributed by atoms with Crippen molar-refractivity contribution in [3.05, 3.63) is 47.4 Å². The topological polar surface area (TPSA) is 65.7 Å². The van der Waals surface area contributed by atoms with E-state index < -0.39 is 5.92 Å². The Hall–Kier alpha value is -3.28. The second-order valence-electron chi connectivity index (χ2n) is 8.09. The number of rotatable bonds is 4. The number of nitrogens with zero attached hydrogens (tertiary/aromatic N) is 5. The van der Waals surface area contributed by atoms with Crippen LogP contribution in [0.5, 0.6) is 0 Å². The molecule has 162 valence electrons. The lowest BCUT2D eigenvalue weighted by molar-refractivity contribution is -0.129. The van der Waals surface area contributed by atoms with E-state index in [4.69, 9.17) is 6.57 Å². The minimum Gasteiger partial charge on any atom is -0.350 e. The molecule has 7 nitrogen and oxygen atoms in total. The number of anilines is 3. The van der Waals surface area contributed by atoms with Crippen LogP contribution in [0.25, 0.3) is 4.85 Å². The van der Waals surface area contributed by atoms with Crippen LogP contribution in [-0.2, 0) is 4.79 Å². The first-order chi connectivity index (χ1) is 14.8. The van der Waals surface area contributed by atoms with E-state index in [1.54, 1.807) is 30.2 Å². The number of alkyl halides is 2. The second kappa shape index (κ2) is 8.46. The number of carbonyl (C=O) groups excluding carboxylic acids is 1. The fourth-order valence-corrected chi connectivity index (χ4v) is 4.15. The summed E-state index contributed by atoms with van der Waals surface area (Å²) < 4.78 is 27.6. The molecule has 1 N–H and O–H groups in total. The predicted molar refractivity (Wildman–Crippen MR) is 114 cm³/mol. The number of likely N-dealkylation sites (tertiary alicyclic amines) is 1. The fourth-order valence-electron chi connectivity index (χ4n) is 4.15. The molecule has 4 rings (SSSR count). The van der Waals surface area contributed by atoms with Crippen molar-refractivity contribution < 1.29 is 13.6 Å². The van der Waals surface area contributed by atoms with Crippen molar-refractivity contribution in [1.29, 1.82) is 0 Å². The number of carbonyl (C=O) groups is 1. The van der Waals surface area contributed by atoms with Crippen molar-refractivity contribution in [2.24, 2.45) is 0 Å². The molecule has 2 saturated heterocycles. The van der Waals surface area contributed by atoms with Gasteiger partial charge in [-0.25, -0.2) is 23.6 Å². The van der Waals surface area contributed by atoms with E-state index >= 15 is 0 Å². The van der Waals surface area contributed by atoms with Gasteiger partial charge in [0.05, 0.1) is 13.1 Å². The quantitative estimate of drug-likeness (QED) is 0.737. The lowest BCUT2D eigenvalue weighted by Crippen LogP contribution is -2.36. The molecule has 0 aromatic carbocycles. The first-order valence-corrected chi connectivity index (χ1v) is 10.3. The molecule has 0 radical (unpaired) electrons. The molecule has 2 fully saturated rings. The van der Waals surface area contributed by atoms with E-state index in [1.165, 1.54) is 0 Å². The van der Waals surface area contributed by atoms with Gasteiger partial charge in [-0.05, 0) is 48.6 Å². The lowest BCUT2D eigenvalue weighted by atomic mass is 9.89. The zero-order valence-corrected chi connectivity index (χ0v) is 17.3. The van der Waals surface area contributed by atoms with Crippen molar-refractivity contribution in [2.75, 3.05) is 36.4 Å². The summed E-state index contributed by atoms with van der Waals surface area (Å²) in [5, 5.41) is 3.13.